The molecule has 1 aliphatic rings. The Bertz CT molecular complexity index is 1170. The van der Waals surface area contributed by atoms with Crippen LogP contribution in [0, 0.1) is 5.82 Å². The van der Waals surface area contributed by atoms with Gasteiger partial charge in [0.15, 0.2) is 0 Å². The molecule has 0 radical (unpaired) electrons. The highest BCUT2D eigenvalue weighted by atomic mass is 35.5. The van der Waals surface area contributed by atoms with Crippen molar-refractivity contribution in [1.82, 2.24) is 9.13 Å². The smallest absolute Gasteiger partial charge is 0.292 e. The lowest BCUT2D eigenvalue weighted by Crippen LogP contribution is -2.41. The zero-order valence-corrected chi connectivity index (χ0v) is 14.3. The van der Waals surface area contributed by atoms with Crippen molar-refractivity contribution in [2.75, 3.05) is 4.72 Å². The predicted octanol–water partition coefficient (Wildman–Crippen LogP) is 1.60. The van der Waals surface area contributed by atoms with E-state index in [1.54, 1.807) is 0 Å². The van der Waals surface area contributed by atoms with Crippen LogP contribution in [0.2, 0.25) is 5.02 Å². The fraction of sp³-hybridized carbons (Fsp3) is 0.231. The minimum absolute atomic E-state index is 0.124. The van der Waals surface area contributed by atoms with Crippen LogP contribution in [0.1, 0.15) is 11.3 Å². The van der Waals surface area contributed by atoms with Crippen molar-refractivity contribution in [3.05, 3.63) is 55.1 Å². The number of rotatable bonds is 1. The summed E-state index contributed by atoms with van der Waals surface area (Å²) in [6.07, 6.45) is -4.99. The summed E-state index contributed by atoms with van der Waals surface area (Å²) in [5.41, 5.74) is -5.81. The van der Waals surface area contributed by atoms with Crippen molar-refractivity contribution in [2.24, 2.45) is 7.05 Å². The molecule has 1 aromatic heterocycles. The molecule has 140 valence electrons. The van der Waals surface area contributed by atoms with E-state index >= 15 is 0 Å². The summed E-state index contributed by atoms with van der Waals surface area (Å²) in [7, 11) is -3.19. The molecule has 2 aromatic rings. The van der Waals surface area contributed by atoms with E-state index in [0.29, 0.717) is 6.07 Å². The Morgan fingerprint density at radius 3 is 2.42 bits per heavy atom. The molecule has 0 bridgehead atoms. The second kappa shape index (κ2) is 5.58. The molecule has 0 saturated heterocycles. The van der Waals surface area contributed by atoms with Crippen LogP contribution in [-0.4, -0.2) is 17.6 Å². The molecule has 0 amide bonds. The first-order chi connectivity index (χ1) is 11.8. The van der Waals surface area contributed by atoms with Crippen molar-refractivity contribution >= 4 is 27.3 Å². The van der Waals surface area contributed by atoms with Crippen LogP contribution >= 0.6 is 11.6 Å². The van der Waals surface area contributed by atoms with Crippen molar-refractivity contribution in [3.8, 4) is 5.69 Å². The maximum atomic E-state index is 14.4. The molecular formula is C13H8ClF4N3O4S. The van der Waals surface area contributed by atoms with Crippen LogP contribution in [0.15, 0.2) is 21.7 Å². The van der Waals surface area contributed by atoms with Gasteiger partial charge in [0.05, 0.1) is 22.2 Å². The summed E-state index contributed by atoms with van der Waals surface area (Å²) >= 11 is 5.77. The number of nitrogens with zero attached hydrogens (tertiary/aromatic N) is 2. The normalized spacial score (nSPS) is 15.6. The lowest BCUT2D eigenvalue weighted by molar-refractivity contribution is -0.144. The van der Waals surface area contributed by atoms with E-state index in [1.165, 1.54) is 0 Å². The molecule has 7 nitrogen and oxygen atoms in total. The van der Waals surface area contributed by atoms with Crippen molar-refractivity contribution in [1.29, 1.82) is 0 Å². The third kappa shape index (κ3) is 2.78. The average molecular weight is 414 g/mol. The molecule has 0 atom stereocenters. The fourth-order valence-electron chi connectivity index (χ4n) is 2.64. The van der Waals surface area contributed by atoms with E-state index in [9.17, 15) is 35.6 Å². The van der Waals surface area contributed by atoms with Gasteiger partial charge in [0.25, 0.3) is 5.56 Å². The van der Waals surface area contributed by atoms with Gasteiger partial charge in [-0.25, -0.2) is 22.2 Å². The number of sulfonamides is 1. The lowest BCUT2D eigenvalue weighted by atomic mass is 10.1. The minimum Gasteiger partial charge on any atom is -0.292 e. The molecular weight excluding hydrogens is 406 g/mol. The maximum Gasteiger partial charge on any atom is 0.431 e. The van der Waals surface area contributed by atoms with Gasteiger partial charge in [0.2, 0.25) is 10.0 Å². The standard InChI is InChI=1S/C13H8ClF4N3O4S/c1-20-8(13(16,17)18)3-9(22)21(12(20)23)11-5-4-26(24,25)19-10(5)6(14)2-7(11)15/h2-3,19H,4H2,1H3. The van der Waals surface area contributed by atoms with E-state index in [0.717, 1.165) is 7.05 Å². The number of anilines is 1. The summed E-state index contributed by atoms with van der Waals surface area (Å²) in [5.74, 6) is -2.03. The Labute approximate surface area is 147 Å². The molecule has 0 fully saturated rings. The van der Waals surface area contributed by atoms with Gasteiger partial charge in [-0.15, -0.1) is 0 Å². The van der Waals surface area contributed by atoms with E-state index in [1.807, 2.05) is 4.72 Å². The van der Waals surface area contributed by atoms with Crippen LogP contribution in [0.4, 0.5) is 23.2 Å². The van der Waals surface area contributed by atoms with E-state index in [-0.39, 0.29) is 31.5 Å². The fourth-order valence-corrected chi connectivity index (χ4v) is 4.23. The van der Waals surface area contributed by atoms with Gasteiger partial charge in [-0.3, -0.25) is 14.1 Å². The molecule has 26 heavy (non-hydrogen) atoms. The summed E-state index contributed by atoms with van der Waals surface area (Å²) in [6, 6.07) is 0.784. The molecule has 0 unspecified atom stereocenters. The highest BCUT2D eigenvalue weighted by Crippen LogP contribution is 2.39. The summed E-state index contributed by atoms with van der Waals surface area (Å²) in [6.45, 7) is 0. The maximum absolute atomic E-state index is 14.4. The molecule has 1 aliphatic heterocycles. The zero-order valence-electron chi connectivity index (χ0n) is 12.7. The Hall–Kier alpha value is -2.34. The first-order valence-electron chi connectivity index (χ1n) is 6.75. The molecule has 13 heteroatoms. The Balaban J connectivity index is 2.42. The van der Waals surface area contributed by atoms with Crippen molar-refractivity contribution in [2.45, 2.75) is 11.9 Å². The van der Waals surface area contributed by atoms with Crippen molar-refractivity contribution < 1.29 is 26.0 Å². The summed E-state index contributed by atoms with van der Waals surface area (Å²) < 4.78 is 78.9. The van der Waals surface area contributed by atoms with Crippen LogP contribution in [0.3, 0.4) is 0 Å². The molecule has 2 heterocycles. The molecule has 0 saturated carbocycles. The average Bonchev–Trinajstić information content (AvgIpc) is 2.81. The van der Waals surface area contributed by atoms with Gasteiger partial charge in [-0.1, -0.05) is 11.6 Å². The quantitative estimate of drug-likeness (QED) is 0.719. The Kier molecular flexibility index (Phi) is 3.96. The second-order valence-corrected chi connectivity index (χ2v) is 7.58. The monoisotopic (exact) mass is 413 g/mol. The number of benzene rings is 1. The van der Waals surface area contributed by atoms with Crippen LogP contribution < -0.4 is 16.0 Å². The number of hydrogen-bond acceptors (Lipinski definition) is 4. The third-order valence-corrected chi connectivity index (χ3v) is 5.21. The summed E-state index contributed by atoms with van der Waals surface area (Å²) in [5, 5.41) is -0.320. The topological polar surface area (TPSA) is 90.2 Å². The number of halogens is 5. The van der Waals surface area contributed by atoms with Crippen LogP contribution in [0.5, 0.6) is 0 Å². The number of aromatic nitrogens is 2. The van der Waals surface area contributed by atoms with Crippen molar-refractivity contribution in [3.63, 3.8) is 0 Å². The first-order valence-corrected chi connectivity index (χ1v) is 8.78. The number of alkyl halides is 3. The largest absolute Gasteiger partial charge is 0.431 e. The van der Waals surface area contributed by atoms with Gasteiger partial charge in [0, 0.05) is 18.7 Å². The molecule has 1 aromatic carbocycles. The molecule has 0 spiro atoms. The Morgan fingerprint density at radius 1 is 1.23 bits per heavy atom. The molecule has 1 N–H and O–H groups in total. The summed E-state index contributed by atoms with van der Waals surface area (Å²) in [4.78, 5) is 24.5. The highest BCUT2D eigenvalue weighted by Gasteiger charge is 2.37. The van der Waals surface area contributed by atoms with Gasteiger partial charge in [-0.05, 0) is 6.07 Å². The zero-order chi connectivity index (χ0) is 19.6. The van der Waals surface area contributed by atoms with Crippen LogP contribution in [0.25, 0.3) is 5.69 Å². The van der Waals surface area contributed by atoms with E-state index < -0.39 is 50.4 Å². The van der Waals surface area contributed by atoms with E-state index in [4.69, 9.17) is 11.6 Å². The number of hydrogen-bond donors (Lipinski definition) is 1. The second-order valence-electron chi connectivity index (χ2n) is 5.45. The van der Waals surface area contributed by atoms with E-state index in [2.05, 4.69) is 0 Å². The molecule has 3 rings (SSSR count). The predicted molar refractivity (Wildman–Crippen MR) is 83.5 cm³/mol. The highest BCUT2D eigenvalue weighted by molar-refractivity contribution is 7.92. The number of nitrogens with one attached hydrogen (secondary N) is 1. The molecule has 0 aliphatic carbocycles. The van der Waals surface area contributed by atoms with Gasteiger partial charge >= 0.3 is 11.9 Å². The van der Waals surface area contributed by atoms with Gasteiger partial charge in [-0.2, -0.15) is 13.2 Å². The number of fused-ring (bicyclic) bond motifs is 1. The lowest BCUT2D eigenvalue weighted by Gasteiger charge is -2.16. The first kappa shape index (κ1) is 18.5. The van der Waals surface area contributed by atoms with Gasteiger partial charge in [0.1, 0.15) is 11.5 Å². The SMILES string of the molecule is Cn1c(C(F)(F)F)cc(=O)n(-c2c(F)cc(Cl)c3c2CS(=O)(=O)N3)c1=O. The minimum atomic E-state index is -4.99. The Morgan fingerprint density at radius 2 is 1.85 bits per heavy atom. The van der Waals surface area contributed by atoms with Gasteiger partial charge < -0.3 is 0 Å². The third-order valence-electron chi connectivity index (χ3n) is 3.73. The van der Waals surface area contributed by atoms with Crippen LogP contribution in [-0.2, 0) is 29.0 Å².